The quantitative estimate of drug-likeness (QED) is 0.309. The number of para-hydroxylation sites is 1. The van der Waals surface area contributed by atoms with Crippen LogP contribution in [0.1, 0.15) is 5.56 Å². The number of nitrogens with one attached hydrogen (secondary N) is 2. The average Bonchev–Trinajstić information content (AvgIpc) is 3.48. The maximum atomic E-state index is 12.6. The third-order valence-corrected chi connectivity index (χ3v) is 6.37. The minimum Gasteiger partial charge on any atom is -0.497 e. The van der Waals surface area contributed by atoms with Crippen LogP contribution in [0.5, 0.6) is 5.75 Å². The molecule has 0 radical (unpaired) electrons. The van der Waals surface area contributed by atoms with E-state index in [1.807, 2.05) is 90.5 Å². The lowest BCUT2D eigenvalue weighted by molar-refractivity contribution is -0.113. The first-order valence-corrected chi connectivity index (χ1v) is 11.8. The molecule has 0 saturated heterocycles. The lowest BCUT2D eigenvalue weighted by Gasteiger charge is -2.11. The summed E-state index contributed by atoms with van der Waals surface area (Å²) in [5, 5.41) is 13.6. The van der Waals surface area contributed by atoms with Crippen molar-refractivity contribution in [2.24, 2.45) is 0 Å². The van der Waals surface area contributed by atoms with Crippen molar-refractivity contribution in [2.45, 2.75) is 12.1 Å². The van der Waals surface area contributed by atoms with Crippen molar-refractivity contribution in [2.75, 3.05) is 18.2 Å². The monoisotopic (exact) mass is 469 g/mol. The molecule has 1 amide bonds. The number of H-pyrrole nitrogens is 1. The summed E-state index contributed by atoms with van der Waals surface area (Å²) in [4.78, 5) is 15.9. The normalized spacial score (nSPS) is 11.0. The first-order chi connectivity index (χ1) is 16.6. The number of carbonyl (C=O) groups excluding carboxylic acids is 1. The first-order valence-electron chi connectivity index (χ1n) is 10.8. The van der Waals surface area contributed by atoms with Crippen LogP contribution in [0.15, 0.2) is 84.1 Å². The maximum Gasteiger partial charge on any atom is 0.234 e. The number of thioether (sulfide) groups is 1. The van der Waals surface area contributed by atoms with Gasteiger partial charge >= 0.3 is 0 Å². The van der Waals surface area contributed by atoms with Gasteiger partial charge in [-0.3, -0.25) is 9.36 Å². The van der Waals surface area contributed by atoms with Crippen LogP contribution >= 0.6 is 11.8 Å². The van der Waals surface area contributed by atoms with Crippen LogP contribution in [0.4, 0.5) is 5.69 Å². The number of hydrogen-bond acceptors (Lipinski definition) is 5. The number of benzene rings is 3. The van der Waals surface area contributed by atoms with Crippen LogP contribution in [0.2, 0.25) is 0 Å². The number of aromatic amines is 1. The van der Waals surface area contributed by atoms with Crippen molar-refractivity contribution in [3.05, 3.63) is 84.6 Å². The molecule has 170 valence electrons. The highest BCUT2D eigenvalue weighted by Gasteiger charge is 2.20. The molecule has 2 aromatic heterocycles. The Labute approximate surface area is 201 Å². The van der Waals surface area contributed by atoms with Crippen LogP contribution < -0.4 is 10.1 Å². The zero-order valence-electron chi connectivity index (χ0n) is 18.8. The van der Waals surface area contributed by atoms with Gasteiger partial charge in [-0.15, -0.1) is 10.2 Å². The number of rotatable bonds is 7. The zero-order chi connectivity index (χ0) is 23.5. The predicted molar refractivity (Wildman–Crippen MR) is 136 cm³/mol. The van der Waals surface area contributed by atoms with E-state index < -0.39 is 0 Å². The summed E-state index contributed by atoms with van der Waals surface area (Å²) in [5.74, 6) is 1.50. The fourth-order valence-electron chi connectivity index (χ4n) is 3.74. The van der Waals surface area contributed by atoms with Crippen LogP contribution in [-0.2, 0) is 4.79 Å². The number of aryl methyl sites for hydroxylation is 1. The lowest BCUT2D eigenvalue weighted by atomic mass is 10.1. The predicted octanol–water partition coefficient (Wildman–Crippen LogP) is 5.46. The third-order valence-electron chi connectivity index (χ3n) is 5.44. The van der Waals surface area contributed by atoms with Gasteiger partial charge in [-0.05, 0) is 37.3 Å². The number of amides is 1. The van der Waals surface area contributed by atoms with E-state index >= 15 is 0 Å². The molecule has 0 unspecified atom stereocenters. The molecule has 0 aliphatic rings. The van der Waals surface area contributed by atoms with E-state index in [-0.39, 0.29) is 11.7 Å². The molecule has 0 bridgehead atoms. The molecular formula is C26H23N5O2S. The molecule has 0 spiro atoms. The van der Waals surface area contributed by atoms with E-state index in [2.05, 4.69) is 20.5 Å². The van der Waals surface area contributed by atoms with E-state index in [9.17, 15) is 4.79 Å². The molecule has 7 nitrogen and oxygen atoms in total. The van der Waals surface area contributed by atoms with E-state index in [1.165, 1.54) is 11.8 Å². The summed E-state index contributed by atoms with van der Waals surface area (Å²) in [5.41, 5.74) is 4.71. The van der Waals surface area contributed by atoms with Crippen LogP contribution in [0, 0.1) is 6.92 Å². The van der Waals surface area contributed by atoms with Gasteiger partial charge in [0.15, 0.2) is 11.0 Å². The average molecular weight is 470 g/mol. The number of fused-ring (bicyclic) bond motifs is 1. The van der Waals surface area contributed by atoms with Gasteiger partial charge in [0.2, 0.25) is 5.91 Å². The fraction of sp³-hybridized carbons (Fsp3) is 0.115. The SMILES string of the molecule is COc1cccc(-n2c(SCC(=O)Nc3ccc(C)cc3)nnc2-c2c[nH]c3ccccc23)c1. The standard InChI is InChI=1S/C26H23N5O2S/c1-17-10-12-18(13-11-17)28-24(32)16-34-26-30-29-25(22-15-27-23-9-4-3-8-21(22)23)31(26)19-6-5-7-20(14-19)33-2/h3-15,27H,16H2,1-2H3,(H,28,32). The minimum atomic E-state index is -0.109. The zero-order valence-corrected chi connectivity index (χ0v) is 19.6. The van der Waals surface area contributed by atoms with Crippen LogP contribution in [0.25, 0.3) is 28.0 Å². The molecule has 0 aliphatic heterocycles. The van der Waals surface area contributed by atoms with Gasteiger partial charge in [0.1, 0.15) is 5.75 Å². The van der Waals surface area contributed by atoms with Gasteiger partial charge in [-0.25, -0.2) is 0 Å². The highest BCUT2D eigenvalue weighted by atomic mass is 32.2. The third kappa shape index (κ3) is 4.40. The second-order valence-electron chi connectivity index (χ2n) is 7.79. The van der Waals surface area contributed by atoms with E-state index in [0.717, 1.165) is 39.2 Å². The van der Waals surface area contributed by atoms with Crippen molar-refractivity contribution in [3.8, 4) is 22.8 Å². The molecule has 2 heterocycles. The molecule has 34 heavy (non-hydrogen) atoms. The lowest BCUT2D eigenvalue weighted by Crippen LogP contribution is -2.14. The molecule has 2 N–H and O–H groups in total. The van der Waals surface area contributed by atoms with Gasteiger partial charge in [-0.1, -0.05) is 53.7 Å². The van der Waals surface area contributed by atoms with E-state index in [0.29, 0.717) is 11.0 Å². The molecule has 0 fully saturated rings. The number of carbonyl (C=O) groups is 1. The van der Waals surface area contributed by atoms with Gasteiger partial charge in [-0.2, -0.15) is 0 Å². The summed E-state index contributed by atoms with van der Waals surface area (Å²) in [7, 11) is 1.64. The molecule has 0 saturated carbocycles. The maximum absolute atomic E-state index is 12.6. The summed E-state index contributed by atoms with van der Waals surface area (Å²) >= 11 is 1.34. The summed E-state index contributed by atoms with van der Waals surface area (Å²) in [6.45, 7) is 2.01. The van der Waals surface area contributed by atoms with Crippen LogP contribution in [-0.4, -0.2) is 38.5 Å². The second-order valence-corrected chi connectivity index (χ2v) is 8.74. The van der Waals surface area contributed by atoms with Gasteiger partial charge in [0, 0.05) is 34.4 Å². The summed E-state index contributed by atoms with van der Waals surface area (Å²) in [6, 6.07) is 23.5. The molecule has 0 aliphatic carbocycles. The fourth-order valence-corrected chi connectivity index (χ4v) is 4.49. The number of hydrogen-bond donors (Lipinski definition) is 2. The molecule has 5 rings (SSSR count). The number of nitrogens with zero attached hydrogens (tertiary/aromatic N) is 3. The number of methoxy groups -OCH3 is 1. The first kappa shape index (κ1) is 21.8. The van der Waals surface area contributed by atoms with E-state index in [1.54, 1.807) is 7.11 Å². The molecule has 8 heteroatoms. The highest BCUT2D eigenvalue weighted by molar-refractivity contribution is 7.99. The molecule has 5 aromatic rings. The van der Waals surface area contributed by atoms with Gasteiger partial charge in [0.25, 0.3) is 0 Å². The van der Waals surface area contributed by atoms with Crippen molar-refractivity contribution in [1.82, 2.24) is 19.7 Å². The topological polar surface area (TPSA) is 84.8 Å². The number of ether oxygens (including phenoxy) is 1. The Morgan fingerprint density at radius 3 is 2.71 bits per heavy atom. The summed E-state index contributed by atoms with van der Waals surface area (Å²) < 4.78 is 7.40. The highest BCUT2D eigenvalue weighted by Crippen LogP contribution is 2.33. The van der Waals surface area contributed by atoms with Gasteiger partial charge < -0.3 is 15.0 Å². The Bertz CT molecular complexity index is 1460. The minimum absolute atomic E-state index is 0.109. The Morgan fingerprint density at radius 2 is 1.88 bits per heavy atom. The van der Waals surface area contributed by atoms with Crippen molar-refractivity contribution >= 4 is 34.3 Å². The molecular weight excluding hydrogens is 446 g/mol. The van der Waals surface area contributed by atoms with E-state index in [4.69, 9.17) is 4.74 Å². The van der Waals surface area contributed by atoms with Crippen molar-refractivity contribution in [1.29, 1.82) is 0 Å². The number of aromatic nitrogens is 4. The molecule has 0 atom stereocenters. The Hall–Kier alpha value is -4.04. The molecule has 3 aromatic carbocycles. The van der Waals surface area contributed by atoms with Crippen molar-refractivity contribution in [3.63, 3.8) is 0 Å². The largest absolute Gasteiger partial charge is 0.497 e. The Morgan fingerprint density at radius 1 is 1.06 bits per heavy atom. The smallest absolute Gasteiger partial charge is 0.234 e. The van der Waals surface area contributed by atoms with Crippen molar-refractivity contribution < 1.29 is 9.53 Å². The second kappa shape index (κ2) is 9.44. The van der Waals surface area contributed by atoms with Gasteiger partial charge in [0.05, 0.1) is 18.6 Å². The Balaban J connectivity index is 1.48. The Kier molecular flexibility index (Phi) is 6.05. The summed E-state index contributed by atoms with van der Waals surface area (Å²) in [6.07, 6.45) is 1.93. The van der Waals surface area contributed by atoms with Crippen LogP contribution in [0.3, 0.4) is 0 Å². The number of anilines is 1.